The molecule has 1 aliphatic rings. The topological polar surface area (TPSA) is 130 Å². The highest BCUT2D eigenvalue weighted by molar-refractivity contribution is 7.89. The number of sulfonamides is 1. The number of benzene rings is 1. The Labute approximate surface area is 174 Å². The van der Waals surface area contributed by atoms with Gasteiger partial charge in [-0.15, -0.1) is 0 Å². The summed E-state index contributed by atoms with van der Waals surface area (Å²) in [6.07, 6.45) is 2.95. The highest BCUT2D eigenvalue weighted by atomic mass is 32.2. The quantitative estimate of drug-likeness (QED) is 0.541. The first kappa shape index (κ1) is 21.7. The minimum absolute atomic E-state index is 0.0226. The number of pyridine rings is 1. The highest BCUT2D eigenvalue weighted by Gasteiger charge is 2.30. The number of anilines is 3. The van der Waals surface area contributed by atoms with E-state index in [9.17, 15) is 18.0 Å². The van der Waals surface area contributed by atoms with Crippen LogP contribution in [0.4, 0.5) is 17.2 Å². The van der Waals surface area contributed by atoms with Gasteiger partial charge in [0.25, 0.3) is 5.91 Å². The lowest BCUT2D eigenvalue weighted by atomic mass is 10.2. The number of rotatable bonds is 8. The molecule has 0 spiro atoms. The Hall–Kier alpha value is -3.02. The Morgan fingerprint density at radius 3 is 2.50 bits per heavy atom. The third-order valence-electron chi connectivity index (χ3n) is 4.46. The van der Waals surface area contributed by atoms with E-state index in [2.05, 4.69) is 25.9 Å². The van der Waals surface area contributed by atoms with Gasteiger partial charge in [0, 0.05) is 32.3 Å². The fourth-order valence-corrected chi connectivity index (χ4v) is 3.71. The second-order valence-corrected chi connectivity index (χ2v) is 9.04. The van der Waals surface area contributed by atoms with Gasteiger partial charge in [0.05, 0.1) is 24.0 Å². The van der Waals surface area contributed by atoms with Crippen LogP contribution in [-0.4, -0.2) is 50.7 Å². The molecule has 1 aromatic heterocycles. The maximum atomic E-state index is 12.7. The molecule has 0 saturated heterocycles. The van der Waals surface area contributed by atoms with Gasteiger partial charge < -0.3 is 10.6 Å². The highest BCUT2D eigenvalue weighted by Crippen LogP contribution is 2.32. The van der Waals surface area contributed by atoms with E-state index < -0.39 is 15.9 Å². The van der Waals surface area contributed by atoms with Crippen molar-refractivity contribution in [3.05, 3.63) is 42.1 Å². The Bertz CT molecular complexity index is 1070. The van der Waals surface area contributed by atoms with Crippen molar-refractivity contribution in [3.8, 4) is 0 Å². The molecule has 1 heterocycles. The Morgan fingerprint density at radius 2 is 1.87 bits per heavy atom. The largest absolute Gasteiger partial charge is 0.354 e. The molecule has 30 heavy (non-hydrogen) atoms. The van der Waals surface area contributed by atoms with Crippen molar-refractivity contribution >= 4 is 39.0 Å². The number of carbonyl (C=O) groups excluding carboxylic acids is 2. The summed E-state index contributed by atoms with van der Waals surface area (Å²) in [4.78, 5) is 33.3. The smallest absolute Gasteiger partial charge is 0.278 e. The van der Waals surface area contributed by atoms with Crippen LogP contribution in [0.2, 0.25) is 0 Å². The third kappa shape index (κ3) is 4.75. The summed E-state index contributed by atoms with van der Waals surface area (Å²) in [6, 6.07) is 7.79. The van der Waals surface area contributed by atoms with Crippen molar-refractivity contribution < 1.29 is 22.8 Å². The van der Waals surface area contributed by atoms with Crippen molar-refractivity contribution in [2.75, 3.05) is 31.8 Å². The van der Waals surface area contributed by atoms with Gasteiger partial charge >= 0.3 is 0 Å². The minimum atomic E-state index is -3.74. The SMILES string of the molecule is CONC(=O)c1cnc(NC(=O)C2CC2)cc1Nc1ccccc1S(=O)(=O)N(C)C. The molecule has 1 fully saturated rings. The normalized spacial score (nSPS) is 13.7. The molecular weight excluding hydrogens is 410 g/mol. The lowest BCUT2D eigenvalue weighted by Gasteiger charge is -2.18. The van der Waals surface area contributed by atoms with Crippen LogP contribution in [0.1, 0.15) is 23.2 Å². The van der Waals surface area contributed by atoms with Gasteiger partial charge in [0.2, 0.25) is 15.9 Å². The predicted molar refractivity (Wildman–Crippen MR) is 111 cm³/mol. The molecule has 1 aromatic carbocycles. The van der Waals surface area contributed by atoms with Crippen LogP contribution in [0.15, 0.2) is 41.4 Å². The van der Waals surface area contributed by atoms with Crippen molar-refractivity contribution in [1.29, 1.82) is 0 Å². The molecule has 11 heteroatoms. The van der Waals surface area contributed by atoms with E-state index in [1.807, 2.05) is 0 Å². The number of hydrogen-bond acceptors (Lipinski definition) is 7. The second kappa shape index (κ2) is 8.78. The Morgan fingerprint density at radius 1 is 1.17 bits per heavy atom. The van der Waals surface area contributed by atoms with Gasteiger partial charge in [0.1, 0.15) is 10.7 Å². The van der Waals surface area contributed by atoms with Gasteiger partial charge in [-0.25, -0.2) is 23.2 Å². The lowest BCUT2D eigenvalue weighted by Crippen LogP contribution is -2.24. The first-order valence-corrected chi connectivity index (χ1v) is 10.6. The summed E-state index contributed by atoms with van der Waals surface area (Å²) in [5.41, 5.74) is 2.84. The summed E-state index contributed by atoms with van der Waals surface area (Å²) >= 11 is 0. The van der Waals surface area contributed by atoms with Crippen LogP contribution in [0, 0.1) is 5.92 Å². The number of nitrogens with zero attached hydrogens (tertiary/aromatic N) is 2. The molecule has 3 rings (SSSR count). The average molecular weight is 433 g/mol. The van der Waals surface area contributed by atoms with Gasteiger partial charge in [0.15, 0.2) is 0 Å². The first-order valence-electron chi connectivity index (χ1n) is 9.17. The van der Waals surface area contributed by atoms with Crippen molar-refractivity contribution in [3.63, 3.8) is 0 Å². The van der Waals surface area contributed by atoms with Crippen LogP contribution in [-0.2, 0) is 19.7 Å². The van der Waals surface area contributed by atoms with Crippen molar-refractivity contribution in [1.82, 2.24) is 14.8 Å². The Kier molecular flexibility index (Phi) is 6.34. The number of aromatic nitrogens is 1. The molecule has 0 atom stereocenters. The van der Waals surface area contributed by atoms with Gasteiger partial charge in [-0.05, 0) is 25.0 Å². The number of amides is 2. The number of para-hydroxylation sites is 1. The molecule has 0 unspecified atom stereocenters. The molecule has 0 aliphatic heterocycles. The maximum absolute atomic E-state index is 12.7. The zero-order valence-electron chi connectivity index (χ0n) is 16.8. The maximum Gasteiger partial charge on any atom is 0.278 e. The average Bonchev–Trinajstić information content (AvgIpc) is 3.54. The molecule has 10 nitrogen and oxygen atoms in total. The standard InChI is InChI=1S/C19H23N5O5S/c1-24(2)30(27,28)16-7-5-4-6-14(16)21-15-10-17(22-18(25)12-8-9-12)20-11-13(15)19(26)23-29-3/h4-7,10-12H,8-9H2,1-3H3,(H,23,26)(H2,20,21,22,25). The first-order chi connectivity index (χ1) is 14.2. The molecule has 0 bridgehead atoms. The summed E-state index contributed by atoms with van der Waals surface area (Å²) < 4.78 is 26.4. The van der Waals surface area contributed by atoms with E-state index in [4.69, 9.17) is 0 Å². The van der Waals surface area contributed by atoms with Crippen molar-refractivity contribution in [2.24, 2.45) is 5.92 Å². The van der Waals surface area contributed by atoms with E-state index >= 15 is 0 Å². The van der Waals surface area contributed by atoms with Crippen LogP contribution in [0.3, 0.4) is 0 Å². The van der Waals surface area contributed by atoms with Crippen LogP contribution in [0.5, 0.6) is 0 Å². The summed E-state index contributed by atoms with van der Waals surface area (Å²) in [6.45, 7) is 0. The van der Waals surface area contributed by atoms with Gasteiger partial charge in [-0.1, -0.05) is 12.1 Å². The fraction of sp³-hybridized carbons (Fsp3) is 0.316. The summed E-state index contributed by atoms with van der Waals surface area (Å²) in [5.74, 6) is -0.499. The lowest BCUT2D eigenvalue weighted by molar-refractivity contribution is -0.117. The molecule has 1 saturated carbocycles. The number of hydroxylamine groups is 1. The second-order valence-electron chi connectivity index (χ2n) is 6.92. The van der Waals surface area contributed by atoms with Gasteiger partial charge in [-0.3, -0.25) is 14.4 Å². The van der Waals surface area contributed by atoms with E-state index in [1.165, 1.54) is 39.5 Å². The van der Waals surface area contributed by atoms with Crippen LogP contribution < -0.4 is 16.1 Å². The van der Waals surface area contributed by atoms with Gasteiger partial charge in [-0.2, -0.15) is 0 Å². The number of nitrogens with one attached hydrogen (secondary N) is 3. The van der Waals surface area contributed by atoms with Crippen LogP contribution in [0.25, 0.3) is 0 Å². The number of carbonyl (C=O) groups is 2. The molecule has 2 aromatic rings. The number of hydrogen-bond donors (Lipinski definition) is 3. The molecule has 3 N–H and O–H groups in total. The molecule has 1 aliphatic carbocycles. The summed E-state index contributed by atoms with van der Waals surface area (Å²) in [5, 5.41) is 5.70. The monoisotopic (exact) mass is 433 g/mol. The van der Waals surface area contributed by atoms with Crippen molar-refractivity contribution in [2.45, 2.75) is 17.7 Å². The van der Waals surface area contributed by atoms with E-state index in [1.54, 1.807) is 18.2 Å². The minimum Gasteiger partial charge on any atom is -0.354 e. The zero-order chi connectivity index (χ0) is 21.9. The van der Waals surface area contributed by atoms with E-state index in [0.29, 0.717) is 0 Å². The Balaban J connectivity index is 2.01. The van der Waals surface area contributed by atoms with Crippen LogP contribution >= 0.6 is 0 Å². The predicted octanol–water partition coefficient (Wildman–Crippen LogP) is 1.72. The van der Waals surface area contributed by atoms with E-state index in [0.717, 1.165) is 17.1 Å². The molecular formula is C19H23N5O5S. The zero-order valence-corrected chi connectivity index (χ0v) is 17.6. The summed E-state index contributed by atoms with van der Waals surface area (Å²) in [7, 11) is 0.415. The molecule has 160 valence electrons. The molecule has 2 amide bonds. The third-order valence-corrected chi connectivity index (χ3v) is 6.33. The fourth-order valence-electron chi connectivity index (χ4n) is 2.67. The van der Waals surface area contributed by atoms with E-state index in [-0.39, 0.29) is 39.5 Å². The molecule has 0 radical (unpaired) electrons.